The van der Waals surface area contributed by atoms with Crippen LogP contribution in [0.5, 0.6) is 0 Å². The number of nitrogens with one attached hydrogen (secondary N) is 1. The third kappa shape index (κ3) is 4.96. The minimum absolute atomic E-state index is 0.152. The fourth-order valence-electron chi connectivity index (χ4n) is 0.535. The number of rotatable bonds is 3. The molecule has 0 aromatic rings. The van der Waals surface area contributed by atoms with Crippen LogP contribution in [0.4, 0.5) is 4.79 Å². The number of aliphatic hydroxyl groups is 1. The van der Waals surface area contributed by atoms with Gasteiger partial charge in [0.05, 0.1) is 6.26 Å². The van der Waals surface area contributed by atoms with Gasteiger partial charge in [-0.1, -0.05) is 0 Å². The molecule has 0 heterocycles. The highest BCUT2D eigenvalue weighted by molar-refractivity contribution is 5.64. The standard InChI is InChI=1S/C6H11NO3/c1-5(3-2-4-8)7-6(9)10/h2,4-5,7-8H,3H2,1H3,(H,9,10). The summed E-state index contributed by atoms with van der Waals surface area (Å²) in [7, 11) is 0. The van der Waals surface area contributed by atoms with Crippen LogP contribution >= 0.6 is 0 Å². The molecule has 0 radical (unpaired) electrons. The van der Waals surface area contributed by atoms with E-state index in [1.807, 2.05) is 0 Å². The summed E-state index contributed by atoms with van der Waals surface area (Å²) in [5.74, 6) is 0. The zero-order valence-electron chi connectivity index (χ0n) is 5.74. The summed E-state index contributed by atoms with van der Waals surface area (Å²) in [4.78, 5) is 9.98. The van der Waals surface area contributed by atoms with E-state index in [9.17, 15) is 4.79 Å². The summed E-state index contributed by atoms with van der Waals surface area (Å²) in [6.07, 6.45) is 1.85. The summed E-state index contributed by atoms with van der Waals surface area (Å²) >= 11 is 0. The van der Waals surface area contributed by atoms with Crippen LogP contribution in [0.15, 0.2) is 12.3 Å². The van der Waals surface area contributed by atoms with Gasteiger partial charge in [0.1, 0.15) is 0 Å². The Hall–Kier alpha value is -1.19. The van der Waals surface area contributed by atoms with Gasteiger partial charge in [-0.15, -0.1) is 0 Å². The lowest BCUT2D eigenvalue weighted by molar-refractivity contribution is 0.191. The van der Waals surface area contributed by atoms with Crippen molar-refractivity contribution in [3.8, 4) is 0 Å². The van der Waals surface area contributed by atoms with Gasteiger partial charge >= 0.3 is 6.09 Å². The van der Waals surface area contributed by atoms with Crippen molar-refractivity contribution < 1.29 is 15.0 Å². The number of amides is 1. The molecule has 0 aliphatic carbocycles. The van der Waals surface area contributed by atoms with Crippen LogP contribution in [0.3, 0.4) is 0 Å². The molecule has 0 aromatic heterocycles. The van der Waals surface area contributed by atoms with Crippen molar-refractivity contribution in [2.24, 2.45) is 0 Å². The molecule has 0 fully saturated rings. The van der Waals surface area contributed by atoms with E-state index in [-0.39, 0.29) is 6.04 Å². The molecule has 0 saturated heterocycles. The lowest BCUT2D eigenvalue weighted by Crippen LogP contribution is -2.30. The Bertz CT molecular complexity index is 133. The molecule has 0 bridgehead atoms. The minimum Gasteiger partial charge on any atom is -0.516 e. The molecule has 4 heteroatoms. The van der Waals surface area contributed by atoms with Gasteiger partial charge in [-0.2, -0.15) is 0 Å². The molecule has 1 atom stereocenters. The first-order valence-electron chi connectivity index (χ1n) is 2.95. The van der Waals surface area contributed by atoms with E-state index >= 15 is 0 Å². The third-order valence-corrected chi connectivity index (χ3v) is 0.965. The van der Waals surface area contributed by atoms with Gasteiger partial charge in [0.25, 0.3) is 0 Å². The molecule has 0 saturated carbocycles. The monoisotopic (exact) mass is 145 g/mol. The van der Waals surface area contributed by atoms with Crippen molar-refractivity contribution in [2.75, 3.05) is 0 Å². The van der Waals surface area contributed by atoms with E-state index in [2.05, 4.69) is 5.32 Å². The molecule has 10 heavy (non-hydrogen) atoms. The lowest BCUT2D eigenvalue weighted by atomic mass is 10.2. The molecule has 0 aromatic carbocycles. The van der Waals surface area contributed by atoms with E-state index in [1.54, 1.807) is 6.92 Å². The maximum Gasteiger partial charge on any atom is 0.404 e. The molecule has 0 aliphatic rings. The van der Waals surface area contributed by atoms with Crippen molar-refractivity contribution in [2.45, 2.75) is 19.4 Å². The van der Waals surface area contributed by atoms with Gasteiger partial charge in [0.2, 0.25) is 0 Å². The highest BCUT2D eigenvalue weighted by Crippen LogP contribution is 1.90. The van der Waals surface area contributed by atoms with E-state index in [0.717, 1.165) is 6.26 Å². The molecule has 0 aliphatic heterocycles. The third-order valence-electron chi connectivity index (χ3n) is 0.965. The zero-order valence-corrected chi connectivity index (χ0v) is 5.74. The fraction of sp³-hybridized carbons (Fsp3) is 0.500. The maximum absolute atomic E-state index is 9.98. The highest BCUT2D eigenvalue weighted by Gasteiger charge is 2.00. The quantitative estimate of drug-likeness (QED) is 0.521. The number of aliphatic hydroxyl groups excluding tert-OH is 1. The Morgan fingerprint density at radius 2 is 2.40 bits per heavy atom. The van der Waals surface area contributed by atoms with Crippen molar-refractivity contribution in [1.29, 1.82) is 0 Å². The molecule has 3 N–H and O–H groups in total. The molecular weight excluding hydrogens is 134 g/mol. The van der Waals surface area contributed by atoms with E-state index < -0.39 is 6.09 Å². The van der Waals surface area contributed by atoms with Crippen molar-refractivity contribution in [3.05, 3.63) is 12.3 Å². The molecule has 1 unspecified atom stereocenters. The second kappa shape index (κ2) is 4.67. The van der Waals surface area contributed by atoms with Gasteiger partial charge in [-0.25, -0.2) is 4.79 Å². The lowest BCUT2D eigenvalue weighted by Gasteiger charge is -2.06. The summed E-state index contributed by atoms with van der Waals surface area (Å²) in [5, 5.41) is 18.6. The van der Waals surface area contributed by atoms with Crippen LogP contribution in [0.2, 0.25) is 0 Å². The van der Waals surface area contributed by atoms with Crippen LogP contribution in [0.1, 0.15) is 13.3 Å². The average Bonchev–Trinajstić information content (AvgIpc) is 1.82. The van der Waals surface area contributed by atoms with E-state index in [4.69, 9.17) is 10.2 Å². The second-order valence-corrected chi connectivity index (χ2v) is 1.97. The molecule has 0 spiro atoms. The first-order valence-corrected chi connectivity index (χ1v) is 2.95. The Kier molecular flexibility index (Phi) is 4.11. The summed E-state index contributed by atoms with van der Waals surface area (Å²) in [6.45, 7) is 1.72. The topological polar surface area (TPSA) is 69.6 Å². The van der Waals surface area contributed by atoms with Gasteiger partial charge in [0.15, 0.2) is 0 Å². The molecule has 58 valence electrons. The normalized spacial score (nSPS) is 13.3. The van der Waals surface area contributed by atoms with Crippen LogP contribution in [-0.4, -0.2) is 22.3 Å². The largest absolute Gasteiger partial charge is 0.516 e. The van der Waals surface area contributed by atoms with E-state index in [0.29, 0.717) is 6.42 Å². The summed E-state index contributed by atoms with van der Waals surface area (Å²) in [5.41, 5.74) is 0. The Labute approximate surface area is 59.2 Å². The second-order valence-electron chi connectivity index (χ2n) is 1.97. The first kappa shape index (κ1) is 8.81. The van der Waals surface area contributed by atoms with Crippen molar-refractivity contribution in [3.63, 3.8) is 0 Å². The molecular formula is C6H11NO3. The van der Waals surface area contributed by atoms with Crippen molar-refractivity contribution in [1.82, 2.24) is 5.32 Å². The fourth-order valence-corrected chi connectivity index (χ4v) is 0.535. The van der Waals surface area contributed by atoms with E-state index in [1.165, 1.54) is 6.08 Å². The maximum atomic E-state index is 9.98. The predicted octanol–water partition coefficient (Wildman–Crippen LogP) is 1.10. The average molecular weight is 145 g/mol. The van der Waals surface area contributed by atoms with Crippen LogP contribution in [-0.2, 0) is 0 Å². The summed E-state index contributed by atoms with van der Waals surface area (Å²) in [6, 6.07) is -0.152. The first-order chi connectivity index (χ1) is 4.66. The zero-order chi connectivity index (χ0) is 7.98. The van der Waals surface area contributed by atoms with Crippen LogP contribution in [0.25, 0.3) is 0 Å². The SMILES string of the molecule is CC(CC=CO)NC(=O)O. The highest BCUT2D eigenvalue weighted by atomic mass is 16.4. The minimum atomic E-state index is -1.04. The number of carboxylic acid groups (broad SMARTS) is 1. The van der Waals surface area contributed by atoms with Crippen LogP contribution < -0.4 is 5.32 Å². The van der Waals surface area contributed by atoms with Gasteiger partial charge in [-0.3, -0.25) is 0 Å². The van der Waals surface area contributed by atoms with Gasteiger partial charge in [-0.05, 0) is 19.4 Å². The number of hydrogen-bond donors (Lipinski definition) is 3. The number of carbonyl (C=O) groups is 1. The molecule has 0 rings (SSSR count). The Morgan fingerprint density at radius 1 is 1.80 bits per heavy atom. The molecule has 4 nitrogen and oxygen atoms in total. The molecule has 1 amide bonds. The Morgan fingerprint density at radius 3 is 2.80 bits per heavy atom. The van der Waals surface area contributed by atoms with Crippen LogP contribution in [0, 0.1) is 0 Å². The predicted molar refractivity (Wildman–Crippen MR) is 37.0 cm³/mol. The van der Waals surface area contributed by atoms with Crippen molar-refractivity contribution >= 4 is 6.09 Å². The van der Waals surface area contributed by atoms with Gasteiger partial charge < -0.3 is 15.5 Å². The number of hydrogen-bond acceptors (Lipinski definition) is 2. The Balaban J connectivity index is 3.43. The van der Waals surface area contributed by atoms with Gasteiger partial charge in [0, 0.05) is 6.04 Å². The summed E-state index contributed by atoms with van der Waals surface area (Å²) < 4.78 is 0. The smallest absolute Gasteiger partial charge is 0.404 e.